The zero-order chi connectivity index (χ0) is 62.6. The first-order valence-electron chi connectivity index (χ1n) is 30.5. The average Bonchev–Trinajstić information content (AvgIpc) is 0.751. The molecule has 468 valence electrons. The van der Waals surface area contributed by atoms with Crippen LogP contribution in [0, 0.1) is 13.8 Å². The van der Waals surface area contributed by atoms with Crippen molar-refractivity contribution in [2.24, 2.45) is 4.41 Å². The van der Waals surface area contributed by atoms with Gasteiger partial charge in [0.1, 0.15) is 0 Å². The molecular formula is C81H84Cu2N2P4Si2. The van der Waals surface area contributed by atoms with Gasteiger partial charge >= 0.3 is 34.1 Å². The summed E-state index contributed by atoms with van der Waals surface area (Å²) in [5.74, 6) is 0. The Labute approximate surface area is 571 Å². The average molecular weight is 1390 g/mol. The van der Waals surface area contributed by atoms with Gasteiger partial charge in [-0.15, -0.1) is 7.05 Å². The zero-order valence-corrected chi connectivity index (χ0v) is 60.9. The van der Waals surface area contributed by atoms with E-state index in [1.807, 2.05) is 36.4 Å². The fourth-order valence-electron chi connectivity index (χ4n) is 9.91. The molecule has 0 N–H and O–H groups in total. The number of hydrogen-bond acceptors (Lipinski definition) is 1. The molecule has 10 heteroatoms. The Morgan fingerprint density at radius 2 is 0.462 bits per heavy atom. The minimum atomic E-state index is -2.45. The van der Waals surface area contributed by atoms with Gasteiger partial charge in [-0.05, 0) is 72.1 Å². The molecule has 0 aliphatic carbocycles. The third kappa shape index (κ3) is 22.9. The number of nitrogens with zero attached hydrogens (tertiary/aromatic N) is 2. The van der Waals surface area contributed by atoms with Crippen molar-refractivity contribution in [2.75, 3.05) is 0 Å². The summed E-state index contributed by atoms with van der Waals surface area (Å²) in [5, 5.41) is 13.4. The molecule has 0 radical (unpaired) electrons. The van der Waals surface area contributed by atoms with E-state index in [0.717, 1.165) is 0 Å². The second-order valence-corrected chi connectivity index (χ2v) is 43.4. The molecule has 0 spiro atoms. The summed E-state index contributed by atoms with van der Waals surface area (Å²) >= 11 is 0. The van der Waals surface area contributed by atoms with Gasteiger partial charge < -0.3 is 21.7 Å². The summed E-state index contributed by atoms with van der Waals surface area (Å²) in [6.07, 6.45) is 0. The number of hydrogen-bond donors (Lipinski definition) is 0. The van der Waals surface area contributed by atoms with Gasteiger partial charge in [0.25, 0.3) is 0 Å². The molecule has 2 nitrogen and oxygen atoms in total. The topological polar surface area (TPSA) is 26.5 Å². The van der Waals surface area contributed by atoms with E-state index in [-0.39, 0.29) is 34.1 Å². The molecule has 0 aliphatic heterocycles. The van der Waals surface area contributed by atoms with Crippen LogP contribution in [0.3, 0.4) is 0 Å². The van der Waals surface area contributed by atoms with Crippen molar-refractivity contribution in [3.05, 3.63) is 380 Å². The first-order chi connectivity index (χ1) is 43.2. The van der Waals surface area contributed by atoms with Gasteiger partial charge in [-0.1, -0.05) is 433 Å². The van der Waals surface area contributed by atoms with Crippen LogP contribution < -0.4 is 53.0 Å². The van der Waals surface area contributed by atoms with Crippen LogP contribution in [0.4, 0.5) is 0 Å². The Kier molecular flexibility index (Phi) is 30.6. The molecule has 0 aromatic heterocycles. The summed E-state index contributed by atoms with van der Waals surface area (Å²) in [4.78, 5) is 0. The predicted octanol–water partition coefficient (Wildman–Crippen LogP) is 19.0. The van der Waals surface area contributed by atoms with Gasteiger partial charge in [-0.2, -0.15) is 0 Å². The van der Waals surface area contributed by atoms with E-state index in [1.54, 1.807) is 0 Å². The molecule has 0 saturated heterocycles. The molecule has 0 bridgehead atoms. The van der Waals surface area contributed by atoms with Crippen molar-refractivity contribution >= 4 is 105 Å². The predicted molar refractivity (Wildman–Crippen MR) is 408 cm³/mol. The third-order valence-corrected chi connectivity index (χ3v) is 32.3. The van der Waals surface area contributed by atoms with Crippen molar-refractivity contribution in [2.45, 2.75) is 53.1 Å². The molecule has 0 saturated carbocycles. The molecule has 12 rings (SSSR count). The molecular weight excluding hydrogens is 1310 g/mol. The minimum Gasteiger partial charge on any atom is -0.658 e. The van der Waals surface area contributed by atoms with E-state index >= 15 is 0 Å². The smallest absolute Gasteiger partial charge is 0.658 e. The maximum absolute atomic E-state index is 5.87. The number of benzene rings is 12. The summed E-state index contributed by atoms with van der Waals surface area (Å²) in [6.45, 7) is 18.2. The molecule has 12 aromatic carbocycles. The van der Waals surface area contributed by atoms with E-state index in [0.29, 0.717) is 0 Å². The van der Waals surface area contributed by atoms with E-state index in [1.165, 1.54) is 64.2 Å². The van der Waals surface area contributed by atoms with Gasteiger partial charge in [-0.3, -0.25) is 0 Å². The van der Waals surface area contributed by atoms with Crippen molar-refractivity contribution in [3.63, 3.8) is 0 Å². The molecule has 12 aromatic rings. The first kappa shape index (κ1) is 73.5. The largest absolute Gasteiger partial charge is 1.00 e. The number of aryl methyl sites for hydroxylation is 2. The van der Waals surface area contributed by atoms with Crippen LogP contribution in [-0.2, 0) is 34.1 Å². The Balaban J connectivity index is 0.000000204. The summed E-state index contributed by atoms with van der Waals surface area (Å²) in [7, 11) is -9.62. The molecule has 0 unspecified atom stereocenters. The van der Waals surface area contributed by atoms with E-state index in [4.69, 9.17) is 9.16 Å². The van der Waals surface area contributed by atoms with Crippen LogP contribution in [0.25, 0.3) is 4.75 Å². The zero-order valence-electron chi connectivity index (χ0n) is 53.4. The third-order valence-electron chi connectivity index (χ3n) is 13.7. The Morgan fingerprint density at radius 1 is 0.275 bits per heavy atom. The van der Waals surface area contributed by atoms with E-state index in [2.05, 4.69) is 386 Å². The number of rotatable bonds is 14. The van der Waals surface area contributed by atoms with Gasteiger partial charge in [0.05, 0.1) is 0 Å². The van der Waals surface area contributed by atoms with Crippen molar-refractivity contribution in [1.82, 2.24) is 0 Å². The van der Waals surface area contributed by atoms with E-state index in [9.17, 15) is 0 Å². The maximum atomic E-state index is 5.87. The Hall–Kier alpha value is -6.54. The molecule has 0 heterocycles. The molecule has 0 fully saturated rings. The second kappa shape index (κ2) is 37.8. The van der Waals surface area contributed by atoms with Gasteiger partial charge in [0, 0.05) is 0 Å². The summed E-state index contributed by atoms with van der Waals surface area (Å²) < 4.78 is 11.7. The normalized spacial score (nSPS) is 10.9. The van der Waals surface area contributed by atoms with Gasteiger partial charge in [-0.25, -0.2) is 0 Å². The van der Waals surface area contributed by atoms with Crippen LogP contribution in [0.5, 0.6) is 0 Å². The first-order valence-corrected chi connectivity index (χ1v) is 43.5. The van der Waals surface area contributed by atoms with Gasteiger partial charge in [0.2, 0.25) is 0 Å². The van der Waals surface area contributed by atoms with Crippen LogP contribution in [0.15, 0.2) is 368 Å². The molecule has 91 heavy (non-hydrogen) atoms. The molecule has 0 atom stereocenters. The van der Waals surface area contributed by atoms with E-state index < -0.39 is 46.4 Å². The minimum absolute atomic E-state index is 0. The molecule has 0 aliphatic rings. The standard InChI is InChI=1S/C31H38N2P2Si2.2C18H15P.2C7H8.2Cu/c1-36(2,3)32-34(28-19-11-7-12-20-28,29-21-13-8-14-22-29)27-35(33-37(4,5)6,30-23-15-9-16-24-30)31-25-17-10-18-26-31;2*1-4-10-16(11-5-1)19(17-12-6-2-7-13-17)18-14-8-3-9-15-18;2*1-7-5-3-2-4-6-7;;/h7-26H,1-6H3;2*1-15H;2*2-6H,1H3;;/q-2;;;;;2*+1. The second-order valence-electron chi connectivity index (χ2n) is 23.2. The van der Waals surface area contributed by atoms with Crippen LogP contribution in [0.2, 0.25) is 39.3 Å². The quantitative estimate of drug-likeness (QED) is 0.0589. The van der Waals surface area contributed by atoms with Crippen LogP contribution >= 0.6 is 29.9 Å². The van der Waals surface area contributed by atoms with Gasteiger partial charge in [0.15, 0.2) is 8.24 Å². The SMILES string of the molecule is C[Si](C)(C)N=P([C-]=P([N-][Si](C)(C)C)(c1ccccc1)c1ccccc1)(c1ccccc1)c1ccccc1.Cc1ccccc1.Cc1ccccc1.[Cu+].[Cu+].c1ccc(P(c2ccccc2)c2ccccc2)cc1.c1ccc(P(c2ccccc2)c2ccccc2)cc1. The van der Waals surface area contributed by atoms with Crippen LogP contribution in [0.1, 0.15) is 11.1 Å². The van der Waals surface area contributed by atoms with Crippen molar-refractivity contribution in [3.8, 4) is 0 Å². The Bertz CT molecular complexity index is 3580. The fourth-order valence-corrected chi connectivity index (χ4v) is 31.3. The van der Waals surface area contributed by atoms with Crippen molar-refractivity contribution < 1.29 is 34.1 Å². The maximum Gasteiger partial charge on any atom is 1.00 e. The fraction of sp³-hybridized carbons (Fsp3) is 0.0988. The van der Waals surface area contributed by atoms with Crippen molar-refractivity contribution in [1.29, 1.82) is 0 Å². The summed E-state index contributed by atoms with van der Waals surface area (Å²) in [6, 6.07) is 129. The molecule has 0 amide bonds. The Morgan fingerprint density at radius 3 is 0.637 bits per heavy atom. The monoisotopic (exact) mass is 1390 g/mol. The van der Waals surface area contributed by atoms with Crippen LogP contribution in [-0.4, -0.2) is 22.0 Å². The summed E-state index contributed by atoms with van der Waals surface area (Å²) in [5.41, 5.74) is 7.06.